The molecule has 6 heteroatoms. The SMILES string of the molecule is Cc1ccc(C(=O)c2c(C)[nH]n(C)c2=O)c(Cl)c1F. The largest absolute Gasteiger partial charge is 0.299 e. The fraction of sp³-hybridized carbons (Fsp3) is 0.231. The summed E-state index contributed by atoms with van der Waals surface area (Å²) in [6.45, 7) is 3.16. The fourth-order valence-corrected chi connectivity index (χ4v) is 2.21. The smallest absolute Gasteiger partial charge is 0.277 e. The molecule has 0 atom stereocenters. The minimum absolute atomic E-state index is 0.00966. The maximum atomic E-state index is 13.7. The molecule has 0 saturated carbocycles. The van der Waals surface area contributed by atoms with E-state index in [1.165, 1.54) is 23.9 Å². The van der Waals surface area contributed by atoms with Gasteiger partial charge in [0.15, 0.2) is 0 Å². The normalized spacial score (nSPS) is 10.8. The molecule has 0 aliphatic heterocycles. The first-order valence-corrected chi connectivity index (χ1v) is 5.97. The summed E-state index contributed by atoms with van der Waals surface area (Å²) < 4.78 is 14.9. The Morgan fingerprint density at radius 3 is 2.53 bits per heavy atom. The summed E-state index contributed by atoms with van der Waals surface area (Å²) >= 11 is 5.84. The highest BCUT2D eigenvalue weighted by molar-refractivity contribution is 6.35. The molecule has 0 amide bonds. The van der Waals surface area contributed by atoms with E-state index in [1.54, 1.807) is 13.8 Å². The Morgan fingerprint density at radius 1 is 1.37 bits per heavy atom. The highest BCUT2D eigenvalue weighted by Crippen LogP contribution is 2.24. The molecule has 0 bridgehead atoms. The number of hydrogen-bond donors (Lipinski definition) is 1. The maximum Gasteiger partial charge on any atom is 0.277 e. The number of rotatable bonds is 2. The van der Waals surface area contributed by atoms with Crippen molar-refractivity contribution >= 4 is 17.4 Å². The highest BCUT2D eigenvalue weighted by Gasteiger charge is 2.23. The third kappa shape index (κ3) is 2.10. The molecule has 4 nitrogen and oxygen atoms in total. The van der Waals surface area contributed by atoms with Crippen molar-refractivity contribution < 1.29 is 9.18 Å². The van der Waals surface area contributed by atoms with Crippen LogP contribution in [0.25, 0.3) is 0 Å². The summed E-state index contributed by atoms with van der Waals surface area (Å²) in [4.78, 5) is 24.1. The Labute approximate surface area is 113 Å². The van der Waals surface area contributed by atoms with Crippen LogP contribution in [0.5, 0.6) is 0 Å². The van der Waals surface area contributed by atoms with Gasteiger partial charge >= 0.3 is 0 Å². The number of benzene rings is 1. The highest BCUT2D eigenvalue weighted by atomic mass is 35.5. The maximum absolute atomic E-state index is 13.7. The Morgan fingerprint density at radius 2 is 2.00 bits per heavy atom. The third-order valence-electron chi connectivity index (χ3n) is 2.98. The lowest BCUT2D eigenvalue weighted by atomic mass is 10.0. The second-order valence-electron chi connectivity index (χ2n) is 4.36. The van der Waals surface area contributed by atoms with Crippen LogP contribution in [-0.4, -0.2) is 15.6 Å². The van der Waals surface area contributed by atoms with Crippen molar-refractivity contribution in [1.29, 1.82) is 0 Å². The lowest BCUT2D eigenvalue weighted by Gasteiger charge is -2.05. The summed E-state index contributed by atoms with van der Waals surface area (Å²) in [7, 11) is 1.50. The minimum Gasteiger partial charge on any atom is -0.299 e. The topological polar surface area (TPSA) is 54.9 Å². The summed E-state index contributed by atoms with van der Waals surface area (Å²) in [5.74, 6) is -1.22. The minimum atomic E-state index is -0.641. The molecule has 2 rings (SSSR count). The van der Waals surface area contributed by atoms with Crippen molar-refractivity contribution in [2.24, 2.45) is 7.05 Å². The second kappa shape index (κ2) is 4.66. The molecule has 0 spiro atoms. The van der Waals surface area contributed by atoms with Crippen LogP contribution < -0.4 is 5.56 Å². The van der Waals surface area contributed by atoms with E-state index in [1.807, 2.05) is 0 Å². The van der Waals surface area contributed by atoms with E-state index in [-0.39, 0.29) is 16.1 Å². The van der Waals surface area contributed by atoms with Crippen LogP contribution >= 0.6 is 11.6 Å². The molecule has 0 fully saturated rings. The monoisotopic (exact) mass is 282 g/mol. The molecule has 1 heterocycles. The summed E-state index contributed by atoms with van der Waals surface area (Å²) in [5.41, 5.74) is 0.284. The number of ketones is 1. The fourth-order valence-electron chi connectivity index (χ4n) is 1.91. The molecule has 1 N–H and O–H groups in total. The number of carbonyl (C=O) groups excluding carboxylic acids is 1. The molecule has 1 aromatic heterocycles. The number of aromatic nitrogens is 2. The van der Waals surface area contributed by atoms with Gasteiger partial charge in [0, 0.05) is 18.3 Å². The van der Waals surface area contributed by atoms with Crippen LogP contribution in [0.3, 0.4) is 0 Å². The van der Waals surface area contributed by atoms with Gasteiger partial charge < -0.3 is 0 Å². The Bertz CT molecular complexity index is 731. The number of nitrogens with zero attached hydrogens (tertiary/aromatic N) is 1. The van der Waals surface area contributed by atoms with Gasteiger partial charge in [-0.25, -0.2) is 4.39 Å². The zero-order valence-electron chi connectivity index (χ0n) is 10.7. The lowest BCUT2D eigenvalue weighted by Crippen LogP contribution is -2.20. The lowest BCUT2D eigenvalue weighted by molar-refractivity contribution is 0.103. The van der Waals surface area contributed by atoms with E-state index in [0.29, 0.717) is 11.3 Å². The van der Waals surface area contributed by atoms with Gasteiger partial charge in [0.05, 0.1) is 5.02 Å². The number of aryl methyl sites for hydroxylation is 3. The van der Waals surface area contributed by atoms with Crippen LogP contribution in [0, 0.1) is 19.7 Å². The van der Waals surface area contributed by atoms with Gasteiger partial charge in [-0.2, -0.15) is 0 Å². The standard InChI is InChI=1S/C13H12ClFN2O2/c1-6-4-5-8(10(14)11(6)15)12(18)9-7(2)16-17(3)13(9)19/h4-5,16H,1-3H3. The van der Waals surface area contributed by atoms with Crippen molar-refractivity contribution in [1.82, 2.24) is 9.78 Å². The summed E-state index contributed by atoms with van der Waals surface area (Å²) in [6, 6.07) is 2.88. The van der Waals surface area contributed by atoms with Crippen molar-refractivity contribution in [2.45, 2.75) is 13.8 Å². The molecule has 0 radical (unpaired) electrons. The van der Waals surface area contributed by atoms with E-state index in [0.717, 1.165) is 0 Å². The molecule has 2 aromatic rings. The summed E-state index contributed by atoms with van der Waals surface area (Å²) in [6.07, 6.45) is 0. The zero-order chi connectivity index (χ0) is 14.3. The van der Waals surface area contributed by atoms with Gasteiger partial charge in [0.25, 0.3) is 5.56 Å². The number of hydrogen-bond acceptors (Lipinski definition) is 2. The van der Waals surface area contributed by atoms with E-state index >= 15 is 0 Å². The van der Waals surface area contributed by atoms with Gasteiger partial charge in [-0.1, -0.05) is 17.7 Å². The first-order valence-electron chi connectivity index (χ1n) is 5.59. The summed E-state index contributed by atoms with van der Waals surface area (Å²) in [5, 5.41) is 2.46. The van der Waals surface area contributed by atoms with Crippen molar-refractivity contribution in [3.8, 4) is 0 Å². The van der Waals surface area contributed by atoms with Crippen LogP contribution in [-0.2, 0) is 7.05 Å². The van der Waals surface area contributed by atoms with Gasteiger partial charge in [0.1, 0.15) is 11.4 Å². The van der Waals surface area contributed by atoms with Crippen LogP contribution in [0.4, 0.5) is 4.39 Å². The number of H-pyrrole nitrogens is 1. The quantitative estimate of drug-likeness (QED) is 0.860. The van der Waals surface area contributed by atoms with Crippen molar-refractivity contribution in [2.75, 3.05) is 0 Å². The number of carbonyl (C=O) groups is 1. The third-order valence-corrected chi connectivity index (χ3v) is 3.35. The van der Waals surface area contributed by atoms with Crippen LogP contribution in [0.1, 0.15) is 27.2 Å². The first-order chi connectivity index (χ1) is 8.84. The van der Waals surface area contributed by atoms with Gasteiger partial charge in [-0.15, -0.1) is 0 Å². The molecular formula is C13H12ClFN2O2. The Hall–Kier alpha value is -1.88. The molecule has 0 unspecified atom stereocenters. The molecule has 0 aliphatic rings. The molecule has 19 heavy (non-hydrogen) atoms. The van der Waals surface area contributed by atoms with E-state index in [4.69, 9.17) is 11.6 Å². The molecule has 0 aliphatic carbocycles. The van der Waals surface area contributed by atoms with Crippen LogP contribution in [0.15, 0.2) is 16.9 Å². The molecular weight excluding hydrogens is 271 g/mol. The average Bonchev–Trinajstić information content (AvgIpc) is 2.60. The number of aromatic amines is 1. The first kappa shape index (κ1) is 13.5. The molecule has 100 valence electrons. The predicted octanol–water partition coefficient (Wildman–Crippen LogP) is 2.35. The molecule has 1 aromatic carbocycles. The van der Waals surface area contributed by atoms with Gasteiger partial charge in [-0.3, -0.25) is 19.4 Å². The number of nitrogens with one attached hydrogen (secondary N) is 1. The number of halogens is 2. The average molecular weight is 283 g/mol. The van der Waals surface area contributed by atoms with E-state index in [9.17, 15) is 14.0 Å². The predicted molar refractivity (Wildman–Crippen MR) is 70.4 cm³/mol. The van der Waals surface area contributed by atoms with Gasteiger partial charge in [-0.05, 0) is 25.5 Å². The molecule has 0 saturated heterocycles. The van der Waals surface area contributed by atoms with Crippen molar-refractivity contribution in [3.05, 3.63) is 55.7 Å². The van der Waals surface area contributed by atoms with Gasteiger partial charge in [0.2, 0.25) is 5.78 Å². The van der Waals surface area contributed by atoms with E-state index < -0.39 is 17.2 Å². The van der Waals surface area contributed by atoms with Crippen LogP contribution in [0.2, 0.25) is 5.02 Å². The Balaban J connectivity index is 2.63. The van der Waals surface area contributed by atoms with E-state index in [2.05, 4.69) is 5.10 Å². The Kier molecular flexibility index (Phi) is 3.32. The zero-order valence-corrected chi connectivity index (χ0v) is 11.4. The second-order valence-corrected chi connectivity index (χ2v) is 4.74. The van der Waals surface area contributed by atoms with Crippen molar-refractivity contribution in [3.63, 3.8) is 0 Å².